The monoisotopic (exact) mass is 485 g/mol. The zero-order valence-corrected chi connectivity index (χ0v) is 21.2. The van der Waals surface area contributed by atoms with E-state index in [9.17, 15) is 0 Å². The fraction of sp³-hybridized carbons (Fsp3) is 0.269. The first-order valence-corrected chi connectivity index (χ1v) is 11.8. The van der Waals surface area contributed by atoms with Crippen molar-refractivity contribution >= 4 is 43.2 Å². The second-order valence-electron chi connectivity index (χ2n) is 8.20. The minimum Gasteiger partial charge on any atom is -0.357 e. The fourth-order valence-corrected chi connectivity index (χ4v) is 4.76. The Hall–Kier alpha value is -2.03. The van der Waals surface area contributed by atoms with E-state index >= 15 is 0 Å². The van der Waals surface area contributed by atoms with Crippen LogP contribution in [0.3, 0.4) is 0 Å². The lowest BCUT2D eigenvalue weighted by molar-refractivity contribution is 0.339. The van der Waals surface area contributed by atoms with Crippen LogP contribution in [0.25, 0.3) is 0 Å². The molecular formula is C26H30Cl2N3P. The van der Waals surface area contributed by atoms with E-state index in [0.29, 0.717) is 10.0 Å². The van der Waals surface area contributed by atoms with Crippen LogP contribution in [0.4, 0.5) is 5.69 Å². The van der Waals surface area contributed by atoms with Gasteiger partial charge in [-0.05, 0) is 49.1 Å². The zero-order valence-electron chi connectivity index (χ0n) is 18.7. The molecule has 1 aliphatic heterocycles. The molecule has 0 saturated heterocycles. The van der Waals surface area contributed by atoms with Gasteiger partial charge >= 0.3 is 0 Å². The highest BCUT2D eigenvalue weighted by Crippen LogP contribution is 2.33. The number of benzene rings is 2. The van der Waals surface area contributed by atoms with Gasteiger partial charge in [-0.3, -0.25) is 4.90 Å². The number of hydrogen-bond donors (Lipinski definition) is 1. The smallest absolute Gasteiger partial charge is 0.0983 e. The Morgan fingerprint density at radius 2 is 2.00 bits per heavy atom. The van der Waals surface area contributed by atoms with Crippen molar-refractivity contribution < 1.29 is 0 Å². The number of nitrogens with one attached hydrogen (secondary N) is 1. The molecule has 0 saturated carbocycles. The van der Waals surface area contributed by atoms with Gasteiger partial charge in [-0.1, -0.05) is 66.2 Å². The topological polar surface area (TPSA) is 18.5 Å². The normalized spacial score (nSPS) is 14.1. The van der Waals surface area contributed by atoms with Crippen LogP contribution in [-0.4, -0.2) is 28.3 Å². The highest BCUT2D eigenvalue weighted by molar-refractivity contribution is 7.22. The summed E-state index contributed by atoms with van der Waals surface area (Å²) in [5.41, 5.74) is 6.96. The minimum absolute atomic E-state index is 0.268. The first-order valence-electron chi connectivity index (χ1n) is 10.6. The largest absolute Gasteiger partial charge is 0.357 e. The Kier molecular flexibility index (Phi) is 8.25. The summed E-state index contributed by atoms with van der Waals surface area (Å²) < 4.78 is 0. The predicted octanol–water partition coefficient (Wildman–Crippen LogP) is 7.36. The lowest BCUT2D eigenvalue weighted by Crippen LogP contribution is -2.35. The van der Waals surface area contributed by atoms with E-state index in [-0.39, 0.29) is 6.04 Å². The number of allylic oxidation sites excluding steroid dienone is 1. The van der Waals surface area contributed by atoms with Gasteiger partial charge < -0.3 is 10.2 Å². The minimum atomic E-state index is 0.268. The van der Waals surface area contributed by atoms with Crippen LogP contribution in [-0.2, 0) is 13.1 Å². The molecule has 32 heavy (non-hydrogen) atoms. The molecule has 0 spiro atoms. The van der Waals surface area contributed by atoms with E-state index in [1.807, 2.05) is 19.2 Å². The van der Waals surface area contributed by atoms with Crippen molar-refractivity contribution in [2.45, 2.75) is 38.9 Å². The summed E-state index contributed by atoms with van der Waals surface area (Å²) in [5.74, 6) is 0.782. The third kappa shape index (κ3) is 5.47. The van der Waals surface area contributed by atoms with Gasteiger partial charge in [0.2, 0.25) is 0 Å². The summed E-state index contributed by atoms with van der Waals surface area (Å²) >= 11 is 12.2. The molecule has 2 aromatic rings. The molecular weight excluding hydrogens is 456 g/mol. The molecule has 0 bridgehead atoms. The average molecular weight is 486 g/mol. The third-order valence-corrected chi connectivity index (χ3v) is 7.11. The summed E-state index contributed by atoms with van der Waals surface area (Å²) in [6.45, 7) is 16.0. The van der Waals surface area contributed by atoms with Crippen LogP contribution >= 0.6 is 32.1 Å². The third-order valence-electron chi connectivity index (χ3n) is 5.81. The van der Waals surface area contributed by atoms with Gasteiger partial charge in [0, 0.05) is 42.8 Å². The van der Waals surface area contributed by atoms with E-state index in [1.54, 1.807) is 12.1 Å². The van der Waals surface area contributed by atoms with Crippen molar-refractivity contribution in [2.24, 2.45) is 0 Å². The first kappa shape index (κ1) is 24.6. The maximum absolute atomic E-state index is 6.14. The molecule has 0 fully saturated rings. The van der Waals surface area contributed by atoms with Crippen molar-refractivity contribution in [3.63, 3.8) is 0 Å². The molecule has 3 rings (SSSR count). The van der Waals surface area contributed by atoms with Crippen molar-refractivity contribution in [1.82, 2.24) is 9.80 Å². The SMILES string of the molecule is C=CCCC(C(=C)C)N1Cc2c(CN(C)C(=C)Nc3ccc(Cl)c(Cl)c3)cccc2C1=P. The summed E-state index contributed by atoms with van der Waals surface area (Å²) in [6.07, 6.45) is 3.93. The molecule has 1 N–H and O–H groups in total. The second kappa shape index (κ2) is 10.7. The highest BCUT2D eigenvalue weighted by Gasteiger charge is 2.31. The van der Waals surface area contributed by atoms with E-state index < -0.39 is 0 Å². The Bertz CT molecular complexity index is 1060. The summed E-state index contributed by atoms with van der Waals surface area (Å²) in [7, 11) is 5.95. The van der Waals surface area contributed by atoms with Crippen LogP contribution < -0.4 is 5.32 Å². The molecule has 0 amide bonds. The second-order valence-corrected chi connectivity index (χ2v) is 9.49. The quantitative estimate of drug-likeness (QED) is 0.280. The molecule has 0 aliphatic carbocycles. The van der Waals surface area contributed by atoms with Crippen molar-refractivity contribution in [1.29, 1.82) is 0 Å². The van der Waals surface area contributed by atoms with Crippen molar-refractivity contribution in [3.05, 3.63) is 100 Å². The Morgan fingerprint density at radius 3 is 2.66 bits per heavy atom. The fourth-order valence-electron chi connectivity index (χ4n) is 3.99. The molecule has 1 heterocycles. The van der Waals surface area contributed by atoms with Crippen LogP contribution in [0.15, 0.2) is 73.6 Å². The van der Waals surface area contributed by atoms with Gasteiger partial charge in [-0.2, -0.15) is 0 Å². The van der Waals surface area contributed by atoms with Gasteiger partial charge in [0.1, 0.15) is 0 Å². The van der Waals surface area contributed by atoms with Crippen LogP contribution in [0.1, 0.15) is 36.5 Å². The van der Waals surface area contributed by atoms with Crippen LogP contribution in [0, 0.1) is 0 Å². The van der Waals surface area contributed by atoms with E-state index in [4.69, 9.17) is 23.2 Å². The number of hydrogen-bond acceptors (Lipinski definition) is 2. The van der Waals surface area contributed by atoms with Gasteiger partial charge in [-0.15, -0.1) is 15.4 Å². The van der Waals surface area contributed by atoms with Gasteiger partial charge in [0.25, 0.3) is 0 Å². The summed E-state index contributed by atoms with van der Waals surface area (Å²) in [5, 5.41) is 4.36. The number of fused-ring (bicyclic) bond motifs is 1. The van der Waals surface area contributed by atoms with Gasteiger partial charge in [0.15, 0.2) is 0 Å². The molecule has 3 nitrogen and oxygen atoms in total. The van der Waals surface area contributed by atoms with E-state index in [2.05, 4.69) is 68.8 Å². The van der Waals surface area contributed by atoms with Crippen molar-refractivity contribution in [3.8, 4) is 0 Å². The Labute approximate surface area is 204 Å². The number of anilines is 1. The Balaban J connectivity index is 1.75. The maximum atomic E-state index is 6.14. The first-order chi connectivity index (χ1) is 15.2. The zero-order chi connectivity index (χ0) is 23.4. The number of rotatable bonds is 10. The number of halogens is 2. The van der Waals surface area contributed by atoms with Gasteiger partial charge in [-0.25, -0.2) is 0 Å². The molecule has 0 aromatic heterocycles. The molecule has 6 heteroatoms. The lowest BCUT2D eigenvalue weighted by atomic mass is 10.0. The predicted molar refractivity (Wildman–Crippen MR) is 143 cm³/mol. The van der Waals surface area contributed by atoms with Crippen molar-refractivity contribution in [2.75, 3.05) is 12.4 Å². The maximum Gasteiger partial charge on any atom is 0.0983 e. The summed E-state index contributed by atoms with van der Waals surface area (Å²) in [4.78, 5) is 4.50. The molecule has 1 unspecified atom stereocenters. The van der Waals surface area contributed by atoms with E-state index in [0.717, 1.165) is 48.4 Å². The van der Waals surface area contributed by atoms with Crippen LogP contribution in [0.2, 0.25) is 10.0 Å². The highest BCUT2D eigenvalue weighted by atomic mass is 35.5. The molecule has 1 atom stereocenters. The molecule has 168 valence electrons. The van der Waals surface area contributed by atoms with Gasteiger partial charge in [0.05, 0.1) is 15.9 Å². The lowest BCUT2D eigenvalue weighted by Gasteiger charge is -2.28. The Morgan fingerprint density at radius 1 is 1.25 bits per heavy atom. The van der Waals surface area contributed by atoms with Crippen LogP contribution in [0.5, 0.6) is 0 Å². The molecule has 2 aromatic carbocycles. The standard InChI is InChI=1S/C26H30Cl2N3P/c1-6-7-11-25(17(2)3)31-16-22-19(9-8-10-21(22)26(31)32)15-30(5)18(4)29-20-12-13-23(27)24(28)14-20/h6,8-10,12-14,25,29,32H,1-2,4,7,11,15-16H2,3,5H3. The molecule has 1 aliphatic rings. The summed E-state index contributed by atoms with van der Waals surface area (Å²) in [6, 6.07) is 12.2. The molecule has 0 radical (unpaired) electrons. The van der Waals surface area contributed by atoms with E-state index in [1.165, 1.54) is 16.7 Å². The number of nitrogens with zero attached hydrogens (tertiary/aromatic N) is 2. The average Bonchev–Trinajstić information content (AvgIpc) is 3.08.